The van der Waals surface area contributed by atoms with Gasteiger partial charge in [0.15, 0.2) is 0 Å². The van der Waals surface area contributed by atoms with E-state index in [4.69, 9.17) is 5.26 Å². The van der Waals surface area contributed by atoms with Crippen LogP contribution in [-0.2, 0) is 6.42 Å². The Kier molecular flexibility index (Phi) is 5.93. The number of nitriles is 1. The van der Waals surface area contributed by atoms with Crippen molar-refractivity contribution in [3.05, 3.63) is 35.4 Å². The number of aliphatic hydroxyl groups excluding tert-OH is 1. The molecule has 1 unspecified atom stereocenters. The van der Waals surface area contributed by atoms with Crippen LogP contribution in [0.15, 0.2) is 24.3 Å². The minimum absolute atomic E-state index is 0.0435. The molecule has 1 aromatic carbocycles. The molecule has 0 aliphatic carbocycles. The van der Waals surface area contributed by atoms with E-state index in [1.165, 1.54) is 0 Å². The Hall–Kier alpha value is -1.90. The van der Waals surface area contributed by atoms with Crippen LogP contribution in [0.3, 0.4) is 0 Å². The molecular formula is C17H23N3O2. The summed E-state index contributed by atoms with van der Waals surface area (Å²) in [5, 5.41) is 17.9. The van der Waals surface area contributed by atoms with Crippen LogP contribution in [0.4, 0.5) is 0 Å². The van der Waals surface area contributed by atoms with Gasteiger partial charge in [-0.1, -0.05) is 12.1 Å². The summed E-state index contributed by atoms with van der Waals surface area (Å²) in [6.45, 7) is 5.28. The van der Waals surface area contributed by atoms with Gasteiger partial charge in [-0.3, -0.25) is 9.69 Å². The Morgan fingerprint density at radius 2 is 2.00 bits per heavy atom. The van der Waals surface area contributed by atoms with E-state index in [2.05, 4.69) is 11.0 Å². The number of carbonyl (C=O) groups excluding carboxylic acids is 1. The largest absolute Gasteiger partial charge is 0.395 e. The van der Waals surface area contributed by atoms with Gasteiger partial charge in [0.1, 0.15) is 0 Å². The monoisotopic (exact) mass is 301 g/mol. The molecule has 1 N–H and O–H groups in total. The summed E-state index contributed by atoms with van der Waals surface area (Å²) >= 11 is 0. The molecule has 1 aliphatic heterocycles. The van der Waals surface area contributed by atoms with Crippen LogP contribution in [-0.4, -0.2) is 59.6 Å². The van der Waals surface area contributed by atoms with E-state index in [0.29, 0.717) is 18.5 Å². The molecule has 0 saturated carbocycles. The molecule has 1 aromatic rings. The number of nitrogens with zero attached hydrogens (tertiary/aromatic N) is 3. The SMILES string of the molecule is CC(CO)N1CCCN(C(=O)c2ccc(CC#N)cc2)CC1. The van der Waals surface area contributed by atoms with Gasteiger partial charge in [0.25, 0.3) is 5.91 Å². The van der Waals surface area contributed by atoms with Gasteiger partial charge in [-0.15, -0.1) is 0 Å². The predicted molar refractivity (Wildman–Crippen MR) is 84.4 cm³/mol. The first-order valence-corrected chi connectivity index (χ1v) is 7.75. The average Bonchev–Trinajstić information content (AvgIpc) is 2.80. The number of hydrogen-bond donors (Lipinski definition) is 1. The fourth-order valence-electron chi connectivity index (χ4n) is 2.74. The first kappa shape index (κ1) is 16.5. The van der Waals surface area contributed by atoms with E-state index in [9.17, 15) is 9.90 Å². The van der Waals surface area contributed by atoms with E-state index in [1.54, 1.807) is 12.1 Å². The second-order valence-corrected chi connectivity index (χ2v) is 5.75. The molecule has 1 aliphatic rings. The molecular weight excluding hydrogens is 278 g/mol. The summed E-state index contributed by atoms with van der Waals surface area (Å²) in [6, 6.07) is 9.53. The number of benzene rings is 1. The highest BCUT2D eigenvalue weighted by atomic mass is 16.3. The molecule has 0 spiro atoms. The normalized spacial score (nSPS) is 17.6. The Balaban J connectivity index is 1.99. The first-order chi connectivity index (χ1) is 10.7. The standard InChI is InChI=1S/C17H23N3O2/c1-14(13-21)19-9-2-10-20(12-11-19)17(22)16-5-3-15(4-6-16)7-8-18/h3-6,14,21H,2,7,9-13H2,1H3. The number of aliphatic hydroxyl groups is 1. The highest BCUT2D eigenvalue weighted by Crippen LogP contribution is 2.12. The Bertz CT molecular complexity index is 536. The van der Waals surface area contributed by atoms with E-state index < -0.39 is 0 Å². The van der Waals surface area contributed by atoms with Crippen molar-refractivity contribution in [1.29, 1.82) is 5.26 Å². The molecule has 118 valence electrons. The quantitative estimate of drug-likeness (QED) is 0.910. The van der Waals surface area contributed by atoms with Crippen molar-refractivity contribution in [2.24, 2.45) is 0 Å². The summed E-state index contributed by atoms with van der Waals surface area (Å²) in [5.41, 5.74) is 1.60. The van der Waals surface area contributed by atoms with Crippen molar-refractivity contribution in [2.75, 3.05) is 32.8 Å². The lowest BCUT2D eigenvalue weighted by Gasteiger charge is -2.26. The first-order valence-electron chi connectivity index (χ1n) is 7.75. The zero-order valence-corrected chi connectivity index (χ0v) is 13.0. The number of amides is 1. The van der Waals surface area contributed by atoms with Gasteiger partial charge in [-0.2, -0.15) is 5.26 Å². The Morgan fingerprint density at radius 3 is 2.64 bits per heavy atom. The lowest BCUT2D eigenvalue weighted by atomic mass is 10.1. The van der Waals surface area contributed by atoms with E-state index in [1.807, 2.05) is 24.0 Å². The van der Waals surface area contributed by atoms with Crippen molar-refractivity contribution in [2.45, 2.75) is 25.8 Å². The number of hydrogen-bond acceptors (Lipinski definition) is 4. The van der Waals surface area contributed by atoms with Crippen molar-refractivity contribution in [3.8, 4) is 6.07 Å². The second kappa shape index (κ2) is 7.92. The Labute approximate surface area is 131 Å². The summed E-state index contributed by atoms with van der Waals surface area (Å²) in [5.74, 6) is 0.0435. The maximum absolute atomic E-state index is 12.6. The van der Waals surface area contributed by atoms with E-state index in [0.717, 1.165) is 31.6 Å². The lowest BCUT2D eigenvalue weighted by Crippen LogP contribution is -2.39. The summed E-state index contributed by atoms with van der Waals surface area (Å²) in [6.07, 6.45) is 1.29. The number of rotatable bonds is 4. The van der Waals surface area contributed by atoms with Crippen molar-refractivity contribution in [1.82, 2.24) is 9.80 Å². The highest BCUT2D eigenvalue weighted by Gasteiger charge is 2.22. The molecule has 0 radical (unpaired) electrons. The van der Waals surface area contributed by atoms with Gasteiger partial charge < -0.3 is 10.0 Å². The van der Waals surface area contributed by atoms with Crippen molar-refractivity contribution < 1.29 is 9.90 Å². The molecule has 5 nitrogen and oxygen atoms in total. The maximum Gasteiger partial charge on any atom is 0.253 e. The molecule has 1 amide bonds. The maximum atomic E-state index is 12.6. The highest BCUT2D eigenvalue weighted by molar-refractivity contribution is 5.94. The molecule has 0 aromatic heterocycles. The third kappa shape index (κ3) is 4.06. The van der Waals surface area contributed by atoms with Crippen LogP contribution < -0.4 is 0 Å². The average molecular weight is 301 g/mol. The van der Waals surface area contributed by atoms with Gasteiger partial charge in [-0.25, -0.2) is 0 Å². The van der Waals surface area contributed by atoms with Crippen LogP contribution in [0.2, 0.25) is 0 Å². The predicted octanol–water partition coefficient (Wildman–Crippen LogP) is 1.28. The van der Waals surface area contributed by atoms with Gasteiger partial charge in [-0.05, 0) is 31.0 Å². The van der Waals surface area contributed by atoms with Crippen LogP contribution >= 0.6 is 0 Å². The minimum atomic E-state index is 0.0435. The zero-order valence-electron chi connectivity index (χ0n) is 13.0. The third-order valence-electron chi connectivity index (χ3n) is 4.19. The van der Waals surface area contributed by atoms with Crippen molar-refractivity contribution in [3.63, 3.8) is 0 Å². The smallest absolute Gasteiger partial charge is 0.253 e. The summed E-state index contributed by atoms with van der Waals surface area (Å²) in [4.78, 5) is 16.7. The van der Waals surface area contributed by atoms with Crippen LogP contribution in [0.25, 0.3) is 0 Å². The second-order valence-electron chi connectivity index (χ2n) is 5.75. The van der Waals surface area contributed by atoms with Crippen LogP contribution in [0.1, 0.15) is 29.3 Å². The van der Waals surface area contributed by atoms with Crippen LogP contribution in [0, 0.1) is 11.3 Å². The fourth-order valence-corrected chi connectivity index (χ4v) is 2.74. The molecule has 1 atom stereocenters. The topological polar surface area (TPSA) is 67.6 Å². The molecule has 22 heavy (non-hydrogen) atoms. The Morgan fingerprint density at radius 1 is 1.27 bits per heavy atom. The van der Waals surface area contributed by atoms with E-state index in [-0.39, 0.29) is 18.6 Å². The van der Waals surface area contributed by atoms with Gasteiger partial charge in [0.2, 0.25) is 0 Å². The van der Waals surface area contributed by atoms with Gasteiger partial charge in [0, 0.05) is 37.8 Å². The third-order valence-corrected chi connectivity index (χ3v) is 4.19. The number of carbonyl (C=O) groups is 1. The molecule has 2 rings (SSSR count). The fraction of sp³-hybridized carbons (Fsp3) is 0.529. The molecule has 0 bridgehead atoms. The van der Waals surface area contributed by atoms with E-state index >= 15 is 0 Å². The minimum Gasteiger partial charge on any atom is -0.395 e. The molecule has 1 fully saturated rings. The van der Waals surface area contributed by atoms with Gasteiger partial charge >= 0.3 is 0 Å². The van der Waals surface area contributed by atoms with Crippen molar-refractivity contribution >= 4 is 5.91 Å². The summed E-state index contributed by atoms with van der Waals surface area (Å²) in [7, 11) is 0. The van der Waals surface area contributed by atoms with Crippen LogP contribution in [0.5, 0.6) is 0 Å². The molecule has 1 heterocycles. The lowest BCUT2D eigenvalue weighted by molar-refractivity contribution is 0.0754. The van der Waals surface area contributed by atoms with Gasteiger partial charge in [0.05, 0.1) is 19.1 Å². The zero-order chi connectivity index (χ0) is 15.9. The molecule has 5 heteroatoms. The summed E-state index contributed by atoms with van der Waals surface area (Å²) < 4.78 is 0. The molecule has 1 saturated heterocycles.